The molecule has 0 spiro atoms. The molecule has 0 fully saturated rings. The number of furan rings is 1. The number of rotatable bonds is 5. The zero-order valence-corrected chi connectivity index (χ0v) is 13.5. The number of hydrogen-bond donors (Lipinski definition) is 0. The van der Waals surface area contributed by atoms with Crippen LogP contribution in [0.2, 0.25) is 0 Å². The van der Waals surface area contributed by atoms with Crippen molar-refractivity contribution in [2.45, 2.75) is 33.2 Å². The van der Waals surface area contributed by atoms with Crippen LogP contribution < -0.4 is 0 Å². The van der Waals surface area contributed by atoms with Crippen LogP contribution in [0.5, 0.6) is 0 Å². The molecule has 0 N–H and O–H groups in total. The van der Waals surface area contributed by atoms with E-state index in [1.807, 2.05) is 23.1 Å². The second-order valence-electron chi connectivity index (χ2n) is 5.84. The maximum Gasteiger partial charge on any atom is 0.224 e. The van der Waals surface area contributed by atoms with Gasteiger partial charge >= 0.3 is 0 Å². The van der Waals surface area contributed by atoms with Crippen molar-refractivity contribution in [3.8, 4) is 0 Å². The van der Waals surface area contributed by atoms with Gasteiger partial charge in [0.25, 0.3) is 0 Å². The summed E-state index contributed by atoms with van der Waals surface area (Å²) in [6.45, 7) is 8.58. The predicted octanol–water partition coefficient (Wildman–Crippen LogP) is 3.05. The molecule has 0 saturated carbocycles. The molecule has 0 unspecified atom stereocenters. The van der Waals surface area contributed by atoms with Gasteiger partial charge in [-0.3, -0.25) is 4.79 Å². The molecule has 1 aliphatic heterocycles. The largest absolute Gasteiger partial charge is 0.461 e. The third kappa shape index (κ3) is 2.88. The van der Waals surface area contributed by atoms with Crippen molar-refractivity contribution < 1.29 is 9.21 Å². The minimum absolute atomic E-state index is 0.253. The summed E-state index contributed by atoms with van der Waals surface area (Å²) in [5.74, 6) is 1.30. The summed E-state index contributed by atoms with van der Waals surface area (Å²) < 4.78 is 5.91. The van der Waals surface area contributed by atoms with E-state index in [0.717, 1.165) is 49.3 Å². The fourth-order valence-electron chi connectivity index (χ4n) is 3.20. The lowest BCUT2D eigenvalue weighted by molar-refractivity contribution is -0.132. The van der Waals surface area contributed by atoms with E-state index in [0.29, 0.717) is 13.0 Å². The van der Waals surface area contributed by atoms with E-state index in [4.69, 9.17) is 4.42 Å². The van der Waals surface area contributed by atoms with Gasteiger partial charge < -0.3 is 14.2 Å². The lowest BCUT2D eigenvalue weighted by atomic mass is 10.0. The average Bonchev–Trinajstić information content (AvgIpc) is 2.93. The van der Waals surface area contributed by atoms with Crippen LogP contribution in [0, 0.1) is 0 Å². The Morgan fingerprint density at radius 1 is 1.27 bits per heavy atom. The first kappa shape index (κ1) is 15.1. The Balaban J connectivity index is 1.69. The van der Waals surface area contributed by atoms with Crippen LogP contribution in [0.15, 0.2) is 28.7 Å². The fraction of sp³-hybridized carbons (Fsp3) is 0.500. The molecule has 0 radical (unpaired) electrons. The van der Waals surface area contributed by atoms with E-state index in [9.17, 15) is 4.79 Å². The van der Waals surface area contributed by atoms with Crippen molar-refractivity contribution in [1.29, 1.82) is 0 Å². The number of carbonyl (C=O) groups is 1. The number of amides is 1. The van der Waals surface area contributed by atoms with E-state index in [1.54, 1.807) is 0 Å². The first-order valence-corrected chi connectivity index (χ1v) is 8.22. The highest BCUT2D eigenvalue weighted by molar-refractivity contribution is 5.84. The Bertz CT molecular complexity index is 658. The second-order valence-corrected chi connectivity index (χ2v) is 5.84. The van der Waals surface area contributed by atoms with Crippen LogP contribution in [-0.2, 0) is 17.8 Å². The Labute approximate surface area is 131 Å². The molecule has 118 valence electrons. The van der Waals surface area contributed by atoms with Crippen LogP contribution in [0.3, 0.4) is 0 Å². The van der Waals surface area contributed by atoms with E-state index in [1.165, 1.54) is 5.56 Å². The van der Waals surface area contributed by atoms with Crippen LogP contribution in [0.4, 0.5) is 0 Å². The highest BCUT2D eigenvalue weighted by Gasteiger charge is 2.25. The smallest absolute Gasteiger partial charge is 0.224 e. The molecule has 1 amide bonds. The van der Waals surface area contributed by atoms with Crippen molar-refractivity contribution >= 4 is 16.9 Å². The SMILES string of the molecule is CCN(CC)CCC(=O)N1CCc2oc3ccccc3c2C1. The van der Waals surface area contributed by atoms with Crippen LogP contribution in [0.1, 0.15) is 31.6 Å². The Kier molecular flexibility index (Phi) is 4.48. The molecule has 0 atom stereocenters. The van der Waals surface area contributed by atoms with E-state index >= 15 is 0 Å². The molecular formula is C18H24N2O2. The van der Waals surface area contributed by atoms with Gasteiger partial charge in [0, 0.05) is 43.4 Å². The Morgan fingerprint density at radius 2 is 2.05 bits per heavy atom. The molecule has 1 aromatic heterocycles. The molecule has 0 bridgehead atoms. The summed E-state index contributed by atoms with van der Waals surface area (Å²) in [5.41, 5.74) is 2.13. The van der Waals surface area contributed by atoms with Gasteiger partial charge in [-0.15, -0.1) is 0 Å². The summed E-state index contributed by atoms with van der Waals surface area (Å²) in [7, 11) is 0. The summed E-state index contributed by atoms with van der Waals surface area (Å²) in [4.78, 5) is 16.7. The molecule has 1 aromatic carbocycles. The minimum Gasteiger partial charge on any atom is -0.461 e. The van der Waals surface area contributed by atoms with Crippen molar-refractivity contribution in [2.75, 3.05) is 26.2 Å². The zero-order chi connectivity index (χ0) is 15.5. The van der Waals surface area contributed by atoms with E-state index in [2.05, 4.69) is 24.8 Å². The van der Waals surface area contributed by atoms with Crippen molar-refractivity contribution in [2.24, 2.45) is 0 Å². The van der Waals surface area contributed by atoms with Gasteiger partial charge in [0.15, 0.2) is 0 Å². The molecule has 22 heavy (non-hydrogen) atoms. The molecule has 4 heteroatoms. The molecule has 3 rings (SSSR count). The quantitative estimate of drug-likeness (QED) is 0.851. The molecule has 1 aliphatic rings. The highest BCUT2D eigenvalue weighted by Crippen LogP contribution is 2.30. The number of fused-ring (bicyclic) bond motifs is 3. The zero-order valence-electron chi connectivity index (χ0n) is 13.5. The minimum atomic E-state index is 0.253. The van der Waals surface area contributed by atoms with Gasteiger partial charge in [0.2, 0.25) is 5.91 Å². The lowest BCUT2D eigenvalue weighted by Gasteiger charge is -2.27. The second kappa shape index (κ2) is 6.53. The van der Waals surface area contributed by atoms with Gasteiger partial charge in [-0.2, -0.15) is 0 Å². The van der Waals surface area contributed by atoms with Gasteiger partial charge in [-0.25, -0.2) is 0 Å². The van der Waals surface area contributed by atoms with Gasteiger partial charge in [0.1, 0.15) is 11.3 Å². The van der Waals surface area contributed by atoms with Crippen molar-refractivity contribution in [3.63, 3.8) is 0 Å². The van der Waals surface area contributed by atoms with E-state index in [-0.39, 0.29) is 5.91 Å². The van der Waals surface area contributed by atoms with Crippen molar-refractivity contribution in [1.82, 2.24) is 9.80 Å². The van der Waals surface area contributed by atoms with Crippen LogP contribution in [0.25, 0.3) is 11.0 Å². The highest BCUT2D eigenvalue weighted by atomic mass is 16.3. The Morgan fingerprint density at radius 3 is 2.82 bits per heavy atom. The van der Waals surface area contributed by atoms with Gasteiger partial charge in [-0.1, -0.05) is 32.0 Å². The first-order chi connectivity index (χ1) is 10.7. The van der Waals surface area contributed by atoms with Crippen molar-refractivity contribution in [3.05, 3.63) is 35.6 Å². The lowest BCUT2D eigenvalue weighted by Crippen LogP contribution is -2.37. The summed E-state index contributed by atoms with van der Waals surface area (Å²) in [5, 5.41) is 1.15. The maximum atomic E-state index is 12.5. The standard InChI is InChI=1S/C18H24N2O2/c1-3-19(4-2)11-10-18(21)20-12-9-17-15(13-20)14-7-5-6-8-16(14)22-17/h5-8H,3-4,9-13H2,1-2H3. The summed E-state index contributed by atoms with van der Waals surface area (Å²) in [6.07, 6.45) is 1.42. The Hall–Kier alpha value is -1.81. The molecule has 0 saturated heterocycles. The topological polar surface area (TPSA) is 36.7 Å². The van der Waals surface area contributed by atoms with Gasteiger partial charge in [-0.05, 0) is 19.2 Å². The summed E-state index contributed by atoms with van der Waals surface area (Å²) >= 11 is 0. The predicted molar refractivity (Wildman–Crippen MR) is 87.7 cm³/mol. The average molecular weight is 300 g/mol. The van der Waals surface area contributed by atoms with Gasteiger partial charge in [0.05, 0.1) is 0 Å². The first-order valence-electron chi connectivity index (χ1n) is 8.22. The van der Waals surface area contributed by atoms with E-state index < -0.39 is 0 Å². The molecular weight excluding hydrogens is 276 g/mol. The third-order valence-corrected chi connectivity index (χ3v) is 4.63. The third-order valence-electron chi connectivity index (χ3n) is 4.63. The summed E-state index contributed by atoms with van der Waals surface area (Å²) in [6, 6.07) is 8.10. The van der Waals surface area contributed by atoms with Crippen LogP contribution in [-0.4, -0.2) is 41.9 Å². The molecule has 0 aliphatic carbocycles. The fourth-order valence-corrected chi connectivity index (χ4v) is 3.20. The molecule has 2 heterocycles. The molecule has 4 nitrogen and oxygen atoms in total. The number of carbonyl (C=O) groups excluding carboxylic acids is 1. The maximum absolute atomic E-state index is 12.5. The number of para-hydroxylation sites is 1. The normalized spacial score (nSPS) is 14.6. The number of hydrogen-bond acceptors (Lipinski definition) is 3. The van der Waals surface area contributed by atoms with Crippen LogP contribution >= 0.6 is 0 Å². The number of nitrogens with zero attached hydrogens (tertiary/aromatic N) is 2. The monoisotopic (exact) mass is 300 g/mol. The molecule has 2 aromatic rings. The number of benzene rings is 1.